The van der Waals surface area contributed by atoms with E-state index >= 15 is 0 Å². The van der Waals surface area contributed by atoms with Gasteiger partial charge in [0.1, 0.15) is 0 Å². The van der Waals surface area contributed by atoms with E-state index in [1.807, 2.05) is 0 Å². The first-order valence-corrected chi connectivity index (χ1v) is 6.58. The lowest BCUT2D eigenvalue weighted by Gasteiger charge is -2.14. The van der Waals surface area contributed by atoms with Gasteiger partial charge in [-0.1, -0.05) is 0 Å². The third-order valence-electron chi connectivity index (χ3n) is 2.57. The van der Waals surface area contributed by atoms with E-state index in [9.17, 15) is 18.0 Å². The molecule has 0 radical (unpaired) electrons. The van der Waals surface area contributed by atoms with Crippen LogP contribution in [0.25, 0.3) is 0 Å². The van der Waals surface area contributed by atoms with Crippen molar-refractivity contribution in [3.8, 4) is 0 Å². The fraction of sp³-hybridized carbons (Fsp3) is 0.0909. The number of hydrogen-bond acceptors (Lipinski definition) is 4. The van der Waals surface area contributed by atoms with Crippen LogP contribution in [0.2, 0.25) is 0 Å². The smallest absolute Gasteiger partial charge is 0.252 e. The molecular formula is C11H7ClO4S. The van der Waals surface area contributed by atoms with Gasteiger partial charge < -0.3 is 0 Å². The largest absolute Gasteiger partial charge is 0.289 e. The summed E-state index contributed by atoms with van der Waals surface area (Å²) in [6.45, 7) is 1.46. The Bertz CT molecular complexity index is 671. The van der Waals surface area contributed by atoms with E-state index in [4.69, 9.17) is 11.6 Å². The summed E-state index contributed by atoms with van der Waals surface area (Å²) in [4.78, 5) is 22.5. The zero-order valence-electron chi connectivity index (χ0n) is 8.73. The summed E-state index contributed by atoms with van der Waals surface area (Å²) in [5.41, 5.74) is 0.379. The Labute approximate surface area is 103 Å². The van der Waals surface area contributed by atoms with Crippen molar-refractivity contribution in [1.29, 1.82) is 0 Å². The Balaban J connectivity index is 2.89. The van der Waals surface area contributed by atoms with Gasteiger partial charge in [0, 0.05) is 16.5 Å². The number of hydrogen-bond donors (Lipinski definition) is 0. The van der Waals surface area contributed by atoms with Gasteiger partial charge in [-0.2, -0.15) is 0 Å². The summed E-state index contributed by atoms with van der Waals surface area (Å²) in [5.74, 6) is -0.397. The van der Waals surface area contributed by atoms with Gasteiger partial charge in [-0.3, -0.25) is 9.59 Å². The topological polar surface area (TPSA) is 68.3 Å². The van der Waals surface area contributed by atoms with Gasteiger partial charge in [-0.15, -0.1) is 0 Å². The van der Waals surface area contributed by atoms with Crippen molar-refractivity contribution in [2.45, 2.75) is 11.8 Å². The van der Waals surface area contributed by atoms with Crippen molar-refractivity contribution >= 4 is 32.5 Å². The highest BCUT2D eigenvalue weighted by molar-refractivity contribution is 7.94. The number of allylic oxidation sites excluding steroid dienone is 1. The van der Waals surface area contributed by atoms with Crippen LogP contribution in [0, 0.1) is 6.92 Å². The molecule has 0 spiro atoms. The molecule has 0 fully saturated rings. The third kappa shape index (κ3) is 1.81. The molecule has 0 N–H and O–H groups in total. The minimum Gasteiger partial charge on any atom is -0.289 e. The molecule has 1 heterocycles. The highest BCUT2D eigenvalue weighted by Crippen LogP contribution is 2.29. The Kier molecular flexibility index (Phi) is 2.67. The van der Waals surface area contributed by atoms with Crippen LogP contribution in [-0.4, -0.2) is 19.4 Å². The Morgan fingerprint density at radius 1 is 1.29 bits per heavy atom. The number of rotatable bonds is 1. The van der Waals surface area contributed by atoms with E-state index in [1.165, 1.54) is 19.1 Å². The summed E-state index contributed by atoms with van der Waals surface area (Å²) in [6.07, 6.45) is 0.999. The van der Waals surface area contributed by atoms with Crippen LogP contribution in [0.3, 0.4) is 0 Å². The summed E-state index contributed by atoms with van der Waals surface area (Å²) >= 11 is 5.34. The van der Waals surface area contributed by atoms with Crippen LogP contribution in [0.15, 0.2) is 28.5 Å². The molecule has 0 bridgehead atoms. The zero-order valence-corrected chi connectivity index (χ0v) is 10.3. The minimum absolute atomic E-state index is 0.0756. The Hall–Kier alpha value is -1.46. The molecule has 1 aromatic carbocycles. The molecule has 4 nitrogen and oxygen atoms in total. The lowest BCUT2D eigenvalue weighted by Crippen LogP contribution is -2.15. The van der Waals surface area contributed by atoms with Gasteiger partial charge in [-0.25, -0.2) is 8.42 Å². The molecule has 0 amide bonds. The molecule has 1 aromatic rings. The highest BCUT2D eigenvalue weighted by Gasteiger charge is 2.28. The monoisotopic (exact) mass is 270 g/mol. The van der Waals surface area contributed by atoms with Crippen molar-refractivity contribution in [3.63, 3.8) is 0 Å². The average Bonchev–Trinajstić information content (AvgIpc) is 2.23. The van der Waals surface area contributed by atoms with E-state index in [2.05, 4.69) is 0 Å². The predicted octanol–water partition coefficient (Wildman–Crippen LogP) is 1.86. The third-order valence-corrected chi connectivity index (χ3v) is 4.36. The lowest BCUT2D eigenvalue weighted by molar-refractivity contribution is 0.103. The predicted molar refractivity (Wildman–Crippen MR) is 62.0 cm³/mol. The molecule has 1 aliphatic rings. The van der Waals surface area contributed by atoms with Crippen LogP contribution in [0.5, 0.6) is 0 Å². The van der Waals surface area contributed by atoms with Gasteiger partial charge >= 0.3 is 0 Å². The second kappa shape index (κ2) is 3.78. The van der Waals surface area contributed by atoms with Crippen LogP contribution < -0.4 is 0 Å². The van der Waals surface area contributed by atoms with Crippen molar-refractivity contribution in [3.05, 3.63) is 40.3 Å². The summed E-state index contributed by atoms with van der Waals surface area (Å²) in [7, 11) is -3.67. The van der Waals surface area contributed by atoms with Crippen molar-refractivity contribution in [2.24, 2.45) is 0 Å². The van der Waals surface area contributed by atoms with Crippen LogP contribution in [0.4, 0.5) is 0 Å². The minimum atomic E-state index is -3.67. The van der Waals surface area contributed by atoms with Gasteiger partial charge in [0.2, 0.25) is 9.84 Å². The number of sulfone groups is 1. The lowest BCUT2D eigenvalue weighted by atomic mass is 10.0. The highest BCUT2D eigenvalue weighted by atomic mass is 35.5. The molecule has 88 valence electrons. The van der Waals surface area contributed by atoms with Crippen LogP contribution >= 0.6 is 11.6 Å². The molecule has 0 atom stereocenters. The van der Waals surface area contributed by atoms with E-state index < -0.39 is 20.9 Å². The van der Waals surface area contributed by atoms with E-state index in [0.717, 1.165) is 11.5 Å². The molecular weight excluding hydrogens is 264 g/mol. The summed E-state index contributed by atoms with van der Waals surface area (Å²) < 4.78 is 23.6. The van der Waals surface area contributed by atoms with E-state index in [0.29, 0.717) is 0 Å². The molecule has 17 heavy (non-hydrogen) atoms. The first-order valence-electron chi connectivity index (χ1n) is 4.65. The quantitative estimate of drug-likeness (QED) is 0.731. The molecule has 0 saturated heterocycles. The standard InChI is InChI=1S/C11H7ClO4S/c1-6-7(11(12)14)2-3-8-9(13)4-5-17(15,16)10(6)8/h2-5H,1H3. The average molecular weight is 271 g/mol. The van der Waals surface area contributed by atoms with Crippen molar-refractivity contribution in [1.82, 2.24) is 0 Å². The number of carbonyl (C=O) groups is 2. The van der Waals surface area contributed by atoms with Gasteiger partial charge in [0.25, 0.3) is 5.24 Å². The van der Waals surface area contributed by atoms with Crippen molar-refractivity contribution in [2.75, 3.05) is 0 Å². The van der Waals surface area contributed by atoms with Gasteiger partial charge in [0.05, 0.1) is 4.90 Å². The maximum absolute atomic E-state index is 11.8. The Morgan fingerprint density at radius 3 is 2.53 bits per heavy atom. The van der Waals surface area contributed by atoms with E-state index in [1.54, 1.807) is 0 Å². The Morgan fingerprint density at radius 2 is 1.94 bits per heavy atom. The second-order valence-corrected chi connectivity index (χ2v) is 5.71. The number of halogens is 1. The molecule has 6 heteroatoms. The van der Waals surface area contributed by atoms with Gasteiger partial charge in [0.15, 0.2) is 5.78 Å². The summed E-state index contributed by atoms with van der Waals surface area (Å²) in [5, 5.41) is 0.0927. The number of benzene rings is 1. The summed E-state index contributed by atoms with van der Waals surface area (Å²) in [6, 6.07) is 2.66. The van der Waals surface area contributed by atoms with Crippen LogP contribution in [0.1, 0.15) is 26.3 Å². The zero-order chi connectivity index (χ0) is 12.8. The first kappa shape index (κ1) is 12.0. The first-order chi connectivity index (χ1) is 7.84. The molecule has 0 aromatic heterocycles. The molecule has 0 saturated carbocycles. The van der Waals surface area contributed by atoms with E-state index in [-0.39, 0.29) is 21.6 Å². The molecule has 2 rings (SSSR count). The number of ketones is 1. The fourth-order valence-corrected chi connectivity index (χ4v) is 3.43. The van der Waals surface area contributed by atoms with Crippen molar-refractivity contribution < 1.29 is 18.0 Å². The molecule has 1 aliphatic heterocycles. The fourth-order valence-electron chi connectivity index (χ4n) is 1.77. The normalized spacial score (nSPS) is 16.7. The molecule has 0 unspecified atom stereocenters. The maximum atomic E-state index is 11.8. The number of fused-ring (bicyclic) bond motifs is 1. The van der Waals surface area contributed by atoms with Crippen LogP contribution in [-0.2, 0) is 9.84 Å². The maximum Gasteiger partial charge on any atom is 0.252 e. The number of carbonyl (C=O) groups excluding carboxylic acids is 2. The molecule has 0 aliphatic carbocycles. The van der Waals surface area contributed by atoms with Gasteiger partial charge in [-0.05, 0) is 42.3 Å². The second-order valence-electron chi connectivity index (χ2n) is 3.60. The SMILES string of the molecule is Cc1c(C(=O)Cl)ccc2c1S(=O)(=O)C=CC2=O.